The number of furan rings is 1. The maximum absolute atomic E-state index is 12.0. The van der Waals surface area contributed by atoms with Crippen molar-refractivity contribution in [1.82, 2.24) is 5.32 Å². The first kappa shape index (κ1) is 15.3. The molecule has 1 heterocycles. The molecule has 1 rings (SSSR count). The van der Waals surface area contributed by atoms with Gasteiger partial charge in [0.15, 0.2) is 5.76 Å². The second-order valence-corrected chi connectivity index (χ2v) is 5.61. The summed E-state index contributed by atoms with van der Waals surface area (Å²) in [6.07, 6.45) is 0.599. The highest BCUT2D eigenvalue weighted by Crippen LogP contribution is 2.22. The average molecular weight is 267 g/mol. The zero-order valence-corrected chi connectivity index (χ0v) is 11.8. The molecule has 0 aromatic carbocycles. The minimum Gasteiger partial charge on any atom is -0.481 e. The van der Waals surface area contributed by atoms with Crippen LogP contribution in [-0.2, 0) is 11.2 Å². The van der Waals surface area contributed by atoms with Gasteiger partial charge in [-0.15, -0.1) is 0 Å². The molecule has 0 aliphatic heterocycles. The number of carbonyl (C=O) groups is 2. The van der Waals surface area contributed by atoms with Crippen molar-refractivity contribution in [2.24, 2.45) is 5.41 Å². The number of aliphatic carboxylic acids is 1. The lowest BCUT2D eigenvalue weighted by atomic mass is 9.84. The molecule has 5 nitrogen and oxygen atoms in total. The van der Waals surface area contributed by atoms with Crippen molar-refractivity contribution in [2.75, 3.05) is 0 Å². The fourth-order valence-corrected chi connectivity index (χ4v) is 1.67. The van der Waals surface area contributed by atoms with Crippen LogP contribution in [0.1, 0.15) is 50.4 Å². The van der Waals surface area contributed by atoms with Gasteiger partial charge in [-0.2, -0.15) is 0 Å². The number of amides is 1. The molecule has 2 N–H and O–H groups in total. The lowest BCUT2D eigenvalue weighted by molar-refractivity contribution is -0.138. The average Bonchev–Trinajstić information content (AvgIpc) is 2.74. The SMILES string of the molecule is CCc1ccc(C(=O)NC(CC(=O)O)C(C)(C)C)o1. The molecule has 1 unspecified atom stereocenters. The number of aryl methyl sites for hydroxylation is 1. The van der Waals surface area contributed by atoms with Crippen LogP contribution in [0.5, 0.6) is 0 Å². The van der Waals surface area contributed by atoms with Crippen LogP contribution in [0.15, 0.2) is 16.5 Å². The quantitative estimate of drug-likeness (QED) is 0.858. The molecule has 0 radical (unpaired) electrons. The van der Waals surface area contributed by atoms with Gasteiger partial charge in [-0.05, 0) is 17.5 Å². The van der Waals surface area contributed by atoms with Gasteiger partial charge in [0.2, 0.25) is 0 Å². The smallest absolute Gasteiger partial charge is 0.305 e. The molecule has 1 atom stereocenters. The van der Waals surface area contributed by atoms with E-state index >= 15 is 0 Å². The minimum absolute atomic E-state index is 0.115. The van der Waals surface area contributed by atoms with E-state index in [1.807, 2.05) is 27.7 Å². The van der Waals surface area contributed by atoms with E-state index in [0.29, 0.717) is 6.42 Å². The molecule has 0 aliphatic rings. The zero-order chi connectivity index (χ0) is 14.6. The van der Waals surface area contributed by atoms with E-state index in [0.717, 1.165) is 5.76 Å². The van der Waals surface area contributed by atoms with E-state index in [9.17, 15) is 9.59 Å². The van der Waals surface area contributed by atoms with Gasteiger partial charge in [-0.1, -0.05) is 27.7 Å². The van der Waals surface area contributed by atoms with Gasteiger partial charge in [0, 0.05) is 12.5 Å². The maximum Gasteiger partial charge on any atom is 0.305 e. The molecule has 0 bridgehead atoms. The summed E-state index contributed by atoms with van der Waals surface area (Å²) < 4.78 is 5.35. The first-order valence-electron chi connectivity index (χ1n) is 6.35. The third-order valence-corrected chi connectivity index (χ3v) is 2.96. The fourth-order valence-electron chi connectivity index (χ4n) is 1.67. The number of nitrogens with one attached hydrogen (secondary N) is 1. The molecule has 1 amide bonds. The molecule has 0 saturated carbocycles. The molecule has 1 aromatic rings. The summed E-state index contributed by atoms with van der Waals surface area (Å²) in [6.45, 7) is 7.60. The number of carboxylic acids is 1. The van der Waals surface area contributed by atoms with Crippen LogP contribution in [0, 0.1) is 5.41 Å². The second kappa shape index (κ2) is 5.91. The Morgan fingerprint density at radius 1 is 1.37 bits per heavy atom. The Kier molecular flexibility index (Phi) is 4.75. The van der Waals surface area contributed by atoms with Crippen molar-refractivity contribution in [1.29, 1.82) is 0 Å². The van der Waals surface area contributed by atoms with Crippen molar-refractivity contribution in [3.8, 4) is 0 Å². The third kappa shape index (κ3) is 4.43. The van der Waals surface area contributed by atoms with Gasteiger partial charge in [-0.25, -0.2) is 0 Å². The highest BCUT2D eigenvalue weighted by atomic mass is 16.4. The highest BCUT2D eigenvalue weighted by Gasteiger charge is 2.29. The van der Waals surface area contributed by atoms with Crippen LogP contribution in [0.4, 0.5) is 0 Å². The Labute approximate surface area is 113 Å². The van der Waals surface area contributed by atoms with Gasteiger partial charge in [-0.3, -0.25) is 9.59 Å². The number of hydrogen-bond donors (Lipinski definition) is 2. The Morgan fingerprint density at radius 2 is 2.00 bits per heavy atom. The van der Waals surface area contributed by atoms with Gasteiger partial charge < -0.3 is 14.8 Å². The second-order valence-electron chi connectivity index (χ2n) is 5.61. The maximum atomic E-state index is 12.0. The number of rotatable bonds is 5. The van der Waals surface area contributed by atoms with E-state index in [2.05, 4.69) is 5.32 Å². The molecular weight excluding hydrogens is 246 g/mol. The minimum atomic E-state index is -0.936. The predicted molar refractivity (Wildman–Crippen MR) is 71.0 cm³/mol. The summed E-state index contributed by atoms with van der Waals surface area (Å²) in [5, 5.41) is 11.6. The van der Waals surface area contributed by atoms with Gasteiger partial charge >= 0.3 is 5.97 Å². The summed E-state index contributed by atoms with van der Waals surface area (Å²) in [5.41, 5.74) is -0.339. The summed E-state index contributed by atoms with van der Waals surface area (Å²) in [4.78, 5) is 22.9. The summed E-state index contributed by atoms with van der Waals surface area (Å²) >= 11 is 0. The Bertz CT molecular complexity index is 456. The van der Waals surface area contributed by atoms with Crippen molar-refractivity contribution < 1.29 is 19.1 Å². The molecule has 19 heavy (non-hydrogen) atoms. The van der Waals surface area contributed by atoms with Crippen LogP contribution in [0.25, 0.3) is 0 Å². The largest absolute Gasteiger partial charge is 0.481 e. The van der Waals surface area contributed by atoms with E-state index < -0.39 is 12.0 Å². The summed E-state index contributed by atoms with van der Waals surface area (Å²) in [6, 6.07) is 2.90. The molecule has 1 aromatic heterocycles. The van der Waals surface area contributed by atoms with Crippen molar-refractivity contribution >= 4 is 11.9 Å². The molecule has 106 valence electrons. The number of carbonyl (C=O) groups excluding carboxylic acids is 1. The third-order valence-electron chi connectivity index (χ3n) is 2.96. The standard InChI is InChI=1S/C14H21NO4/c1-5-9-6-7-10(19-9)13(18)15-11(8-12(16)17)14(2,3)4/h6-7,11H,5,8H2,1-4H3,(H,15,18)(H,16,17). The van der Waals surface area contributed by atoms with Gasteiger partial charge in [0.1, 0.15) is 5.76 Å². The molecule has 5 heteroatoms. The highest BCUT2D eigenvalue weighted by molar-refractivity contribution is 5.92. The van der Waals surface area contributed by atoms with E-state index in [1.165, 1.54) is 0 Å². The lowest BCUT2D eigenvalue weighted by Crippen LogP contribution is -2.44. The molecule has 0 fully saturated rings. The first-order chi connectivity index (χ1) is 8.74. The van der Waals surface area contributed by atoms with E-state index in [1.54, 1.807) is 12.1 Å². The van der Waals surface area contributed by atoms with Gasteiger partial charge in [0.05, 0.1) is 6.42 Å². The zero-order valence-electron chi connectivity index (χ0n) is 11.8. The lowest BCUT2D eigenvalue weighted by Gasteiger charge is -2.30. The normalized spacial score (nSPS) is 13.1. The molecule has 0 spiro atoms. The van der Waals surface area contributed by atoms with Crippen LogP contribution in [0.2, 0.25) is 0 Å². The Hall–Kier alpha value is -1.78. The summed E-state index contributed by atoms with van der Waals surface area (Å²) in [7, 11) is 0. The van der Waals surface area contributed by atoms with Crippen molar-refractivity contribution in [3.63, 3.8) is 0 Å². The Morgan fingerprint density at radius 3 is 2.42 bits per heavy atom. The van der Waals surface area contributed by atoms with Crippen molar-refractivity contribution in [2.45, 2.75) is 46.6 Å². The topological polar surface area (TPSA) is 79.5 Å². The number of carboxylic acid groups (broad SMARTS) is 1. The van der Waals surface area contributed by atoms with Crippen LogP contribution >= 0.6 is 0 Å². The van der Waals surface area contributed by atoms with Crippen LogP contribution in [-0.4, -0.2) is 23.0 Å². The van der Waals surface area contributed by atoms with Gasteiger partial charge in [0.25, 0.3) is 5.91 Å². The van der Waals surface area contributed by atoms with Crippen molar-refractivity contribution in [3.05, 3.63) is 23.7 Å². The predicted octanol–water partition coefficient (Wildman–Crippen LogP) is 2.46. The van der Waals surface area contributed by atoms with E-state index in [-0.39, 0.29) is 23.5 Å². The molecule has 0 aliphatic carbocycles. The summed E-state index contributed by atoms with van der Waals surface area (Å²) in [5.74, 6) is -0.359. The van der Waals surface area contributed by atoms with Crippen LogP contribution < -0.4 is 5.32 Å². The molecular formula is C14H21NO4. The van der Waals surface area contributed by atoms with E-state index in [4.69, 9.17) is 9.52 Å². The Balaban J connectivity index is 2.78. The fraction of sp³-hybridized carbons (Fsp3) is 0.571. The number of hydrogen-bond acceptors (Lipinski definition) is 3. The first-order valence-corrected chi connectivity index (χ1v) is 6.35. The monoisotopic (exact) mass is 267 g/mol. The molecule has 0 saturated heterocycles. The van der Waals surface area contributed by atoms with Crippen LogP contribution in [0.3, 0.4) is 0 Å².